The average Bonchev–Trinajstić information content (AvgIpc) is 3.05. The highest BCUT2D eigenvalue weighted by Gasteiger charge is 2.33. The Balaban J connectivity index is 1.31. The highest BCUT2D eigenvalue weighted by Crippen LogP contribution is 2.27. The summed E-state index contributed by atoms with van der Waals surface area (Å²) in [5.41, 5.74) is 1.15. The van der Waals surface area contributed by atoms with Gasteiger partial charge >= 0.3 is 5.97 Å². The van der Waals surface area contributed by atoms with Gasteiger partial charge in [0.05, 0.1) is 12.7 Å². The van der Waals surface area contributed by atoms with E-state index in [0.717, 1.165) is 13.1 Å². The third kappa shape index (κ3) is 4.57. The number of carbonyl (C=O) groups excluding carboxylic acids is 1. The van der Waals surface area contributed by atoms with Gasteiger partial charge in [-0.15, -0.1) is 4.40 Å². The van der Waals surface area contributed by atoms with Gasteiger partial charge in [-0.3, -0.25) is 4.90 Å². The van der Waals surface area contributed by atoms with E-state index in [0.29, 0.717) is 42.3 Å². The van der Waals surface area contributed by atoms with Gasteiger partial charge in [0, 0.05) is 38.3 Å². The molecule has 4 rings (SSSR count). The number of ether oxygens (including phenoxy) is 2. The largest absolute Gasteiger partial charge is 0.497 e. The molecule has 2 aromatic carbocycles. The third-order valence-corrected chi connectivity index (χ3v) is 6.76. The molecule has 164 valence electrons. The zero-order chi connectivity index (χ0) is 22.0. The lowest BCUT2D eigenvalue weighted by molar-refractivity contribution is 0.0221. The van der Waals surface area contributed by atoms with Crippen LogP contribution >= 0.6 is 0 Å². The van der Waals surface area contributed by atoms with Crippen LogP contribution in [0.5, 0.6) is 5.75 Å². The summed E-state index contributed by atoms with van der Waals surface area (Å²) in [5.74, 6) is 0.843. The van der Waals surface area contributed by atoms with E-state index in [-0.39, 0.29) is 17.0 Å². The minimum Gasteiger partial charge on any atom is -0.497 e. The summed E-state index contributed by atoms with van der Waals surface area (Å²) in [6.07, 6.45) is -0.272. The van der Waals surface area contributed by atoms with E-state index in [4.69, 9.17) is 9.47 Å². The van der Waals surface area contributed by atoms with Crippen LogP contribution in [-0.2, 0) is 14.8 Å². The molecule has 2 heterocycles. The molecule has 0 aromatic heterocycles. The molecule has 1 atom stereocenters. The fraction of sp³-hybridized carbons (Fsp3) is 0.364. The van der Waals surface area contributed by atoms with Gasteiger partial charge in [0.2, 0.25) is 0 Å². The monoisotopic (exact) mass is 443 g/mol. The SMILES string of the molecule is COc1ccc(C(=O)O[C@H](C)CN2CCN(C3=NS(=O)(=O)c4ccccc43)CC2)cc1. The number of rotatable bonds is 5. The molecule has 9 heteroatoms. The predicted octanol–water partition coefficient (Wildman–Crippen LogP) is 2.01. The topological polar surface area (TPSA) is 88.5 Å². The van der Waals surface area contributed by atoms with Crippen LogP contribution in [-0.4, -0.2) is 76.0 Å². The highest BCUT2D eigenvalue weighted by atomic mass is 32.2. The van der Waals surface area contributed by atoms with Crippen LogP contribution in [0.25, 0.3) is 0 Å². The van der Waals surface area contributed by atoms with Crippen LogP contribution in [0, 0.1) is 0 Å². The van der Waals surface area contributed by atoms with E-state index < -0.39 is 10.0 Å². The first-order chi connectivity index (χ1) is 14.9. The lowest BCUT2D eigenvalue weighted by Gasteiger charge is -2.36. The van der Waals surface area contributed by atoms with Gasteiger partial charge in [-0.05, 0) is 43.3 Å². The Morgan fingerprint density at radius 2 is 1.74 bits per heavy atom. The zero-order valence-electron chi connectivity index (χ0n) is 17.5. The second kappa shape index (κ2) is 8.68. The van der Waals surface area contributed by atoms with E-state index >= 15 is 0 Å². The van der Waals surface area contributed by atoms with Crippen molar-refractivity contribution in [1.82, 2.24) is 9.80 Å². The van der Waals surface area contributed by atoms with Gasteiger partial charge in [0.15, 0.2) is 5.84 Å². The maximum absolute atomic E-state index is 12.3. The molecule has 0 unspecified atom stereocenters. The minimum atomic E-state index is -3.61. The summed E-state index contributed by atoms with van der Waals surface area (Å²) >= 11 is 0. The van der Waals surface area contributed by atoms with E-state index in [1.807, 2.05) is 17.9 Å². The summed E-state index contributed by atoms with van der Waals surface area (Å²) in [6, 6.07) is 13.7. The van der Waals surface area contributed by atoms with Gasteiger partial charge in [0.25, 0.3) is 10.0 Å². The van der Waals surface area contributed by atoms with Crippen molar-refractivity contribution in [3.8, 4) is 5.75 Å². The van der Waals surface area contributed by atoms with Crippen molar-refractivity contribution in [2.75, 3.05) is 39.8 Å². The van der Waals surface area contributed by atoms with Crippen LogP contribution in [0.15, 0.2) is 57.8 Å². The molecule has 1 fully saturated rings. The Labute approximate surface area is 182 Å². The average molecular weight is 444 g/mol. The molecule has 0 bridgehead atoms. The second-order valence-electron chi connectivity index (χ2n) is 7.62. The minimum absolute atomic E-state index is 0.270. The standard InChI is InChI=1S/C22H25N3O5S/c1-16(30-22(26)17-7-9-18(29-2)10-8-17)15-24-11-13-25(14-12-24)21-19-5-3-4-6-20(19)31(27,28)23-21/h3-10,16H,11-15H2,1-2H3/t16-/m1/s1. The molecule has 0 radical (unpaired) electrons. The van der Waals surface area contributed by atoms with Crippen molar-refractivity contribution >= 4 is 21.8 Å². The Morgan fingerprint density at radius 3 is 2.42 bits per heavy atom. The summed E-state index contributed by atoms with van der Waals surface area (Å²) in [7, 11) is -2.04. The molecule has 0 aliphatic carbocycles. The third-order valence-electron chi connectivity index (χ3n) is 5.43. The fourth-order valence-corrected chi connectivity index (χ4v) is 5.07. The molecule has 1 saturated heterocycles. The lowest BCUT2D eigenvalue weighted by Crippen LogP contribution is -2.50. The van der Waals surface area contributed by atoms with Crippen LogP contribution in [0.2, 0.25) is 0 Å². The number of nitrogens with zero attached hydrogens (tertiary/aromatic N) is 3. The zero-order valence-corrected chi connectivity index (χ0v) is 18.3. The maximum Gasteiger partial charge on any atom is 0.338 e. The van der Waals surface area contributed by atoms with Gasteiger partial charge in [-0.1, -0.05) is 12.1 Å². The summed E-state index contributed by atoms with van der Waals surface area (Å²) in [6.45, 7) is 5.25. The van der Waals surface area contributed by atoms with Gasteiger partial charge in [-0.2, -0.15) is 8.42 Å². The molecule has 8 nitrogen and oxygen atoms in total. The predicted molar refractivity (Wildman–Crippen MR) is 116 cm³/mol. The van der Waals surface area contributed by atoms with Gasteiger partial charge in [0.1, 0.15) is 16.7 Å². The number of benzene rings is 2. The number of hydrogen-bond acceptors (Lipinski definition) is 7. The number of carbonyl (C=O) groups is 1. The number of fused-ring (bicyclic) bond motifs is 1. The van der Waals surface area contributed by atoms with Crippen molar-refractivity contribution in [3.63, 3.8) is 0 Å². The molecule has 2 aliphatic rings. The Bertz CT molecular complexity index is 1090. The van der Waals surface area contributed by atoms with Gasteiger partial charge in [-0.25, -0.2) is 4.79 Å². The Hall–Kier alpha value is -2.91. The highest BCUT2D eigenvalue weighted by molar-refractivity contribution is 7.90. The fourth-order valence-electron chi connectivity index (χ4n) is 3.84. The van der Waals surface area contributed by atoms with E-state index in [2.05, 4.69) is 9.30 Å². The lowest BCUT2D eigenvalue weighted by atomic mass is 10.1. The van der Waals surface area contributed by atoms with Crippen LogP contribution in [0.3, 0.4) is 0 Å². The number of hydrogen-bond donors (Lipinski definition) is 0. The first kappa shape index (κ1) is 21.3. The molecule has 2 aromatic rings. The van der Waals surface area contributed by atoms with Gasteiger partial charge < -0.3 is 14.4 Å². The number of piperazine rings is 1. The summed E-state index contributed by atoms with van der Waals surface area (Å²) < 4.78 is 39.3. The van der Waals surface area contributed by atoms with Crippen molar-refractivity contribution in [1.29, 1.82) is 0 Å². The Kier molecular flexibility index (Phi) is 5.97. The first-order valence-electron chi connectivity index (χ1n) is 10.1. The molecule has 0 saturated carbocycles. The normalized spacial score (nSPS) is 18.8. The molecule has 0 amide bonds. The molecular formula is C22H25N3O5S. The quantitative estimate of drug-likeness (QED) is 0.653. The maximum atomic E-state index is 12.3. The number of sulfonamides is 1. The molecule has 0 N–H and O–H groups in total. The van der Waals surface area contributed by atoms with Crippen LogP contribution < -0.4 is 4.74 Å². The molecule has 2 aliphatic heterocycles. The van der Waals surface area contributed by atoms with Crippen LogP contribution in [0.4, 0.5) is 0 Å². The smallest absolute Gasteiger partial charge is 0.338 e. The van der Waals surface area contributed by atoms with E-state index in [1.165, 1.54) is 0 Å². The number of esters is 1. The van der Waals surface area contributed by atoms with Crippen molar-refractivity contribution in [3.05, 3.63) is 59.7 Å². The Morgan fingerprint density at radius 1 is 1.06 bits per heavy atom. The van der Waals surface area contributed by atoms with Crippen molar-refractivity contribution < 1.29 is 22.7 Å². The number of amidine groups is 1. The number of methoxy groups -OCH3 is 1. The van der Waals surface area contributed by atoms with Crippen molar-refractivity contribution in [2.45, 2.75) is 17.9 Å². The molecular weight excluding hydrogens is 418 g/mol. The molecule has 0 spiro atoms. The van der Waals surface area contributed by atoms with Crippen LogP contribution in [0.1, 0.15) is 22.8 Å². The second-order valence-corrected chi connectivity index (χ2v) is 9.19. The first-order valence-corrected chi connectivity index (χ1v) is 11.6. The van der Waals surface area contributed by atoms with E-state index in [1.54, 1.807) is 49.6 Å². The van der Waals surface area contributed by atoms with E-state index in [9.17, 15) is 13.2 Å². The van der Waals surface area contributed by atoms with Crippen molar-refractivity contribution in [2.24, 2.45) is 4.40 Å². The summed E-state index contributed by atoms with van der Waals surface area (Å²) in [5, 5.41) is 0. The summed E-state index contributed by atoms with van der Waals surface area (Å²) in [4.78, 5) is 16.8. The molecule has 31 heavy (non-hydrogen) atoms.